The van der Waals surface area contributed by atoms with E-state index < -0.39 is 0 Å². The van der Waals surface area contributed by atoms with Crippen LogP contribution in [0.4, 0.5) is 4.39 Å². The average Bonchev–Trinajstić information content (AvgIpc) is 3.34. The van der Waals surface area contributed by atoms with E-state index in [0.717, 1.165) is 38.3 Å². The number of likely N-dealkylation sites (tertiary alicyclic amines) is 1. The number of rotatable bonds is 4. The van der Waals surface area contributed by atoms with Gasteiger partial charge in [-0.05, 0) is 30.9 Å². The molecule has 0 aliphatic carbocycles. The highest BCUT2D eigenvalue weighted by Gasteiger charge is 2.32. The lowest BCUT2D eigenvalue weighted by Crippen LogP contribution is -2.30. The molecule has 0 N–H and O–H groups in total. The third-order valence-electron chi connectivity index (χ3n) is 5.23. The molecule has 0 bridgehead atoms. The van der Waals surface area contributed by atoms with E-state index in [1.807, 2.05) is 0 Å². The van der Waals surface area contributed by atoms with E-state index >= 15 is 0 Å². The van der Waals surface area contributed by atoms with Gasteiger partial charge in [0.25, 0.3) is 0 Å². The van der Waals surface area contributed by atoms with Crippen molar-refractivity contribution >= 4 is 5.91 Å². The highest BCUT2D eigenvalue weighted by molar-refractivity contribution is 5.79. The maximum absolute atomic E-state index is 13.7. The second kappa shape index (κ2) is 7.53. The van der Waals surface area contributed by atoms with Gasteiger partial charge in [0.1, 0.15) is 5.82 Å². The van der Waals surface area contributed by atoms with Crippen LogP contribution in [0.1, 0.15) is 48.4 Å². The van der Waals surface area contributed by atoms with Crippen molar-refractivity contribution in [2.45, 2.75) is 37.5 Å². The second-order valence-electron chi connectivity index (χ2n) is 6.97. The van der Waals surface area contributed by atoms with Crippen LogP contribution in [0, 0.1) is 5.82 Å². The molecule has 138 valence electrons. The predicted molar refractivity (Wildman–Crippen MR) is 91.1 cm³/mol. The number of nitrogens with zero attached hydrogens (tertiary/aromatic N) is 3. The quantitative estimate of drug-likeness (QED) is 0.839. The molecule has 2 aliphatic rings. The SMILES string of the molecule is O=C(Cc1ccccc1F)N1CCC(c2nc(C3CCOCC3)no2)C1. The summed E-state index contributed by atoms with van der Waals surface area (Å²) in [5.41, 5.74) is 0.431. The van der Waals surface area contributed by atoms with Crippen molar-refractivity contribution in [3.8, 4) is 0 Å². The Bertz CT molecular complexity index is 773. The molecule has 26 heavy (non-hydrogen) atoms. The molecule has 0 spiro atoms. The number of ether oxygens (including phenoxy) is 1. The minimum Gasteiger partial charge on any atom is -0.381 e. The topological polar surface area (TPSA) is 68.5 Å². The monoisotopic (exact) mass is 359 g/mol. The van der Waals surface area contributed by atoms with Crippen molar-refractivity contribution in [3.63, 3.8) is 0 Å². The predicted octanol–water partition coefficient (Wildman–Crippen LogP) is 2.66. The first-order valence-corrected chi connectivity index (χ1v) is 9.13. The summed E-state index contributed by atoms with van der Waals surface area (Å²) in [6.45, 7) is 2.64. The molecule has 3 heterocycles. The lowest BCUT2D eigenvalue weighted by atomic mass is 10.00. The summed E-state index contributed by atoms with van der Waals surface area (Å²) in [4.78, 5) is 18.8. The third kappa shape index (κ3) is 3.62. The van der Waals surface area contributed by atoms with E-state index in [-0.39, 0.29) is 24.1 Å². The maximum Gasteiger partial charge on any atom is 0.231 e. The number of hydrogen-bond acceptors (Lipinski definition) is 5. The van der Waals surface area contributed by atoms with Gasteiger partial charge in [0.05, 0.1) is 12.3 Å². The van der Waals surface area contributed by atoms with E-state index in [9.17, 15) is 9.18 Å². The smallest absolute Gasteiger partial charge is 0.231 e. The van der Waals surface area contributed by atoms with Gasteiger partial charge in [0, 0.05) is 32.2 Å². The minimum absolute atomic E-state index is 0.0562. The Morgan fingerprint density at radius 2 is 2.00 bits per heavy atom. The Labute approximate surface area is 151 Å². The molecule has 1 atom stereocenters. The van der Waals surface area contributed by atoms with Crippen molar-refractivity contribution in [1.82, 2.24) is 15.0 Å². The fraction of sp³-hybridized carbons (Fsp3) is 0.526. The first kappa shape index (κ1) is 17.1. The van der Waals surface area contributed by atoms with Gasteiger partial charge in [-0.1, -0.05) is 23.4 Å². The Kier molecular flexibility index (Phi) is 4.97. The Balaban J connectivity index is 1.37. The molecule has 2 aromatic rings. The van der Waals surface area contributed by atoms with Crippen molar-refractivity contribution in [2.75, 3.05) is 26.3 Å². The van der Waals surface area contributed by atoms with E-state index in [4.69, 9.17) is 9.26 Å². The summed E-state index contributed by atoms with van der Waals surface area (Å²) >= 11 is 0. The van der Waals surface area contributed by atoms with Crippen LogP contribution < -0.4 is 0 Å². The first-order chi connectivity index (χ1) is 12.7. The zero-order chi connectivity index (χ0) is 17.9. The molecule has 6 nitrogen and oxygen atoms in total. The largest absolute Gasteiger partial charge is 0.381 e. The molecule has 1 aromatic heterocycles. The molecule has 2 fully saturated rings. The Morgan fingerprint density at radius 3 is 2.81 bits per heavy atom. The number of carbonyl (C=O) groups excluding carboxylic acids is 1. The van der Waals surface area contributed by atoms with Crippen LogP contribution in [-0.4, -0.2) is 47.3 Å². The van der Waals surface area contributed by atoms with E-state index in [2.05, 4.69) is 10.1 Å². The summed E-state index contributed by atoms with van der Waals surface area (Å²) in [6.07, 6.45) is 2.70. The highest BCUT2D eigenvalue weighted by atomic mass is 19.1. The normalized spacial score (nSPS) is 21.3. The van der Waals surface area contributed by atoms with Crippen LogP contribution in [0.2, 0.25) is 0 Å². The van der Waals surface area contributed by atoms with E-state index in [1.54, 1.807) is 23.1 Å². The molecule has 0 radical (unpaired) electrons. The molecule has 1 amide bonds. The zero-order valence-electron chi connectivity index (χ0n) is 14.6. The molecule has 4 rings (SSSR count). The van der Waals surface area contributed by atoms with Crippen molar-refractivity contribution in [1.29, 1.82) is 0 Å². The third-order valence-corrected chi connectivity index (χ3v) is 5.23. The van der Waals surface area contributed by atoms with Gasteiger partial charge in [0.2, 0.25) is 11.8 Å². The van der Waals surface area contributed by atoms with Gasteiger partial charge in [-0.15, -0.1) is 0 Å². The van der Waals surface area contributed by atoms with E-state index in [0.29, 0.717) is 30.5 Å². The van der Waals surface area contributed by atoms with Gasteiger partial charge in [-0.25, -0.2) is 4.39 Å². The minimum atomic E-state index is -0.338. The zero-order valence-corrected chi connectivity index (χ0v) is 14.6. The molecule has 0 saturated carbocycles. The molecular weight excluding hydrogens is 337 g/mol. The lowest BCUT2D eigenvalue weighted by molar-refractivity contribution is -0.129. The van der Waals surface area contributed by atoms with Crippen LogP contribution >= 0.6 is 0 Å². The number of hydrogen-bond donors (Lipinski definition) is 0. The van der Waals surface area contributed by atoms with E-state index in [1.165, 1.54) is 6.07 Å². The van der Waals surface area contributed by atoms with Crippen molar-refractivity contribution < 1.29 is 18.4 Å². The number of carbonyl (C=O) groups is 1. The number of aromatic nitrogens is 2. The van der Waals surface area contributed by atoms with Crippen LogP contribution in [0.15, 0.2) is 28.8 Å². The molecule has 1 unspecified atom stereocenters. The van der Waals surface area contributed by atoms with Gasteiger partial charge in [-0.3, -0.25) is 4.79 Å². The van der Waals surface area contributed by atoms with Crippen molar-refractivity contribution in [2.24, 2.45) is 0 Å². The standard InChI is InChI=1S/C19H22FN3O3/c20-16-4-2-1-3-14(16)11-17(24)23-8-5-15(12-23)19-21-18(22-26-19)13-6-9-25-10-7-13/h1-4,13,15H,5-12H2. The Morgan fingerprint density at radius 1 is 1.19 bits per heavy atom. The van der Waals surface area contributed by atoms with Gasteiger partial charge < -0.3 is 14.2 Å². The summed E-state index contributed by atoms with van der Waals surface area (Å²) < 4.78 is 24.6. The highest BCUT2D eigenvalue weighted by Crippen LogP contribution is 2.30. The fourth-order valence-corrected chi connectivity index (χ4v) is 3.64. The van der Waals surface area contributed by atoms with Gasteiger partial charge in [-0.2, -0.15) is 4.98 Å². The Hall–Kier alpha value is -2.28. The van der Waals surface area contributed by atoms with Crippen LogP contribution in [0.3, 0.4) is 0 Å². The number of benzene rings is 1. The summed E-state index contributed by atoms with van der Waals surface area (Å²) in [5, 5.41) is 4.14. The summed E-state index contributed by atoms with van der Waals surface area (Å²) in [7, 11) is 0. The molecule has 7 heteroatoms. The van der Waals surface area contributed by atoms with Gasteiger partial charge >= 0.3 is 0 Å². The number of amides is 1. The van der Waals surface area contributed by atoms with Crippen LogP contribution in [0.5, 0.6) is 0 Å². The lowest BCUT2D eigenvalue weighted by Gasteiger charge is -2.18. The van der Waals surface area contributed by atoms with Crippen molar-refractivity contribution in [3.05, 3.63) is 47.4 Å². The first-order valence-electron chi connectivity index (χ1n) is 9.13. The number of halogens is 1. The van der Waals surface area contributed by atoms with Crippen LogP contribution in [0.25, 0.3) is 0 Å². The van der Waals surface area contributed by atoms with Crippen LogP contribution in [-0.2, 0) is 16.0 Å². The fourth-order valence-electron chi connectivity index (χ4n) is 3.64. The maximum atomic E-state index is 13.7. The molecule has 2 aliphatic heterocycles. The average molecular weight is 359 g/mol. The molecule has 2 saturated heterocycles. The molecular formula is C19H22FN3O3. The van der Waals surface area contributed by atoms with Gasteiger partial charge in [0.15, 0.2) is 5.82 Å². The summed E-state index contributed by atoms with van der Waals surface area (Å²) in [6, 6.07) is 6.40. The summed E-state index contributed by atoms with van der Waals surface area (Å²) in [5.74, 6) is 1.30. The second-order valence-corrected chi connectivity index (χ2v) is 6.97. The molecule has 1 aromatic carbocycles.